The lowest BCUT2D eigenvalue weighted by Crippen LogP contribution is -2.42. The Morgan fingerprint density at radius 1 is 1.18 bits per heavy atom. The summed E-state index contributed by atoms with van der Waals surface area (Å²) in [5.41, 5.74) is 6.27. The molecule has 4 N–H and O–H groups in total. The molecule has 10 heteroatoms. The summed E-state index contributed by atoms with van der Waals surface area (Å²) in [6, 6.07) is 1.90. The molecule has 0 aromatic carbocycles. The quantitative estimate of drug-likeness (QED) is 0.521. The molecule has 0 bridgehead atoms. The molecule has 2 heterocycles. The van der Waals surface area contributed by atoms with E-state index in [2.05, 4.69) is 9.97 Å². The van der Waals surface area contributed by atoms with Gasteiger partial charge in [0.2, 0.25) is 5.91 Å². The van der Waals surface area contributed by atoms with Gasteiger partial charge in [0.05, 0.1) is 0 Å². The fraction of sp³-hybridized carbons (Fsp3) is 0.522. The molecule has 0 atom stereocenters. The first-order valence-electron chi connectivity index (χ1n) is 11.1. The average Bonchev–Trinajstić information content (AvgIpc) is 2.72. The SMILES string of the molecule is CCCCn1c(N)c(N(CC(C)C)C(=O)CCc2c(C)[nH]c(=O)c(C#N)c2C)c(=O)[nH]c1=O. The number of nitrogens with one attached hydrogen (secondary N) is 2. The van der Waals surface area contributed by atoms with Crippen LogP contribution in [0.15, 0.2) is 14.4 Å². The average molecular weight is 457 g/mol. The Bertz CT molecular complexity index is 1250. The maximum absolute atomic E-state index is 13.3. The summed E-state index contributed by atoms with van der Waals surface area (Å²) in [6.07, 6.45) is 1.82. The Hall–Kier alpha value is -3.61. The van der Waals surface area contributed by atoms with E-state index in [0.29, 0.717) is 29.8 Å². The molecular weight excluding hydrogens is 424 g/mol. The number of carbonyl (C=O) groups is 1. The smallest absolute Gasteiger partial charge is 0.330 e. The van der Waals surface area contributed by atoms with Gasteiger partial charge in [-0.1, -0.05) is 27.2 Å². The molecule has 0 aliphatic rings. The summed E-state index contributed by atoms with van der Waals surface area (Å²) in [5, 5.41) is 9.27. The molecule has 1 amide bonds. The summed E-state index contributed by atoms with van der Waals surface area (Å²) in [5.74, 6) is -0.343. The number of H-pyrrole nitrogens is 2. The minimum Gasteiger partial charge on any atom is -0.383 e. The van der Waals surface area contributed by atoms with E-state index in [1.54, 1.807) is 13.8 Å². The monoisotopic (exact) mass is 456 g/mol. The van der Waals surface area contributed by atoms with Gasteiger partial charge in [0.1, 0.15) is 17.5 Å². The second-order valence-corrected chi connectivity index (χ2v) is 8.57. The topological polar surface area (TPSA) is 158 Å². The number of hydrogen-bond donors (Lipinski definition) is 3. The maximum atomic E-state index is 13.3. The van der Waals surface area contributed by atoms with Crippen LogP contribution in [0.5, 0.6) is 0 Å². The highest BCUT2D eigenvalue weighted by Gasteiger charge is 2.25. The van der Waals surface area contributed by atoms with E-state index in [0.717, 1.165) is 6.42 Å². The van der Waals surface area contributed by atoms with Gasteiger partial charge in [-0.15, -0.1) is 0 Å². The second-order valence-electron chi connectivity index (χ2n) is 8.57. The molecule has 2 aromatic rings. The van der Waals surface area contributed by atoms with Crippen LogP contribution in [-0.2, 0) is 17.8 Å². The first-order valence-corrected chi connectivity index (χ1v) is 11.1. The van der Waals surface area contributed by atoms with Crippen LogP contribution in [0, 0.1) is 31.1 Å². The van der Waals surface area contributed by atoms with Crippen molar-refractivity contribution in [2.24, 2.45) is 5.92 Å². The van der Waals surface area contributed by atoms with Crippen LogP contribution < -0.4 is 27.4 Å². The number of amides is 1. The van der Waals surface area contributed by atoms with Crippen molar-refractivity contribution >= 4 is 17.4 Å². The van der Waals surface area contributed by atoms with E-state index in [9.17, 15) is 24.4 Å². The van der Waals surface area contributed by atoms with Gasteiger partial charge in [0, 0.05) is 25.2 Å². The van der Waals surface area contributed by atoms with Crippen LogP contribution in [0.1, 0.15) is 62.4 Å². The van der Waals surface area contributed by atoms with Crippen molar-refractivity contribution in [1.29, 1.82) is 5.26 Å². The van der Waals surface area contributed by atoms with E-state index in [4.69, 9.17) is 5.73 Å². The fourth-order valence-electron chi connectivity index (χ4n) is 3.85. The molecule has 0 aliphatic heterocycles. The van der Waals surface area contributed by atoms with Gasteiger partial charge in [-0.25, -0.2) is 4.79 Å². The van der Waals surface area contributed by atoms with Crippen molar-refractivity contribution in [2.75, 3.05) is 17.2 Å². The predicted molar refractivity (Wildman–Crippen MR) is 127 cm³/mol. The van der Waals surface area contributed by atoms with E-state index in [1.807, 2.05) is 26.8 Å². The van der Waals surface area contributed by atoms with Crippen molar-refractivity contribution in [3.05, 3.63) is 53.6 Å². The lowest BCUT2D eigenvalue weighted by molar-refractivity contribution is -0.118. The number of carbonyl (C=O) groups excluding carboxylic acids is 1. The fourth-order valence-corrected chi connectivity index (χ4v) is 3.85. The van der Waals surface area contributed by atoms with Crippen LogP contribution >= 0.6 is 0 Å². The summed E-state index contributed by atoms with van der Waals surface area (Å²) in [7, 11) is 0. The maximum Gasteiger partial charge on any atom is 0.330 e. The lowest BCUT2D eigenvalue weighted by Gasteiger charge is -2.26. The molecule has 10 nitrogen and oxygen atoms in total. The van der Waals surface area contributed by atoms with Gasteiger partial charge in [-0.2, -0.15) is 5.26 Å². The number of rotatable bonds is 9. The zero-order valence-corrected chi connectivity index (χ0v) is 19.9. The second kappa shape index (κ2) is 10.8. The number of nitrogen functional groups attached to an aromatic ring is 1. The van der Waals surface area contributed by atoms with Crippen LogP contribution in [0.4, 0.5) is 11.5 Å². The number of nitriles is 1. The number of anilines is 2. The van der Waals surface area contributed by atoms with Gasteiger partial charge in [0.15, 0.2) is 5.69 Å². The molecule has 2 aromatic heterocycles. The van der Waals surface area contributed by atoms with Crippen molar-refractivity contribution in [3.63, 3.8) is 0 Å². The highest BCUT2D eigenvalue weighted by Crippen LogP contribution is 2.21. The number of pyridine rings is 1. The van der Waals surface area contributed by atoms with Crippen molar-refractivity contribution in [3.8, 4) is 6.07 Å². The molecule has 0 spiro atoms. The normalized spacial score (nSPS) is 10.9. The summed E-state index contributed by atoms with van der Waals surface area (Å²) in [6.45, 7) is 9.76. The Labute approximate surface area is 192 Å². The number of nitrogens with two attached hydrogens (primary N) is 1. The van der Waals surface area contributed by atoms with Gasteiger partial charge >= 0.3 is 5.69 Å². The molecule has 0 unspecified atom stereocenters. The Morgan fingerprint density at radius 2 is 1.85 bits per heavy atom. The van der Waals surface area contributed by atoms with Crippen molar-refractivity contribution in [2.45, 2.75) is 66.8 Å². The minimum atomic E-state index is -0.706. The Kier molecular flexibility index (Phi) is 8.40. The predicted octanol–water partition coefficient (Wildman–Crippen LogP) is 1.72. The standard InChI is InChI=1S/C23H32N6O4/c1-6-7-10-28-20(25)19(22(32)27-23(28)33)29(12-13(2)3)18(30)9-8-16-14(4)17(11-24)21(31)26-15(16)5/h13H,6-10,12,25H2,1-5H3,(H,26,31)(H,27,32,33). The van der Waals surface area contributed by atoms with Crippen molar-refractivity contribution in [1.82, 2.24) is 14.5 Å². The first kappa shape index (κ1) is 25.6. The summed E-state index contributed by atoms with van der Waals surface area (Å²) < 4.78 is 1.29. The number of aromatic amines is 2. The lowest BCUT2D eigenvalue weighted by atomic mass is 9.98. The third-order valence-electron chi connectivity index (χ3n) is 5.58. The molecular formula is C23H32N6O4. The van der Waals surface area contributed by atoms with E-state index < -0.39 is 16.8 Å². The largest absolute Gasteiger partial charge is 0.383 e. The van der Waals surface area contributed by atoms with Crippen molar-refractivity contribution < 1.29 is 4.79 Å². The number of nitrogens with zero attached hydrogens (tertiary/aromatic N) is 3. The Balaban J connectivity index is 2.47. The first-order chi connectivity index (χ1) is 15.5. The zero-order chi connectivity index (χ0) is 24.9. The van der Waals surface area contributed by atoms with Crippen LogP contribution in [0.25, 0.3) is 0 Å². The van der Waals surface area contributed by atoms with Crippen LogP contribution in [-0.4, -0.2) is 27.0 Å². The number of unbranched alkanes of at least 4 members (excludes halogenated alkanes) is 1. The molecule has 0 fully saturated rings. The van der Waals surface area contributed by atoms with Crippen LogP contribution in [0.3, 0.4) is 0 Å². The molecule has 2 rings (SSSR count). The van der Waals surface area contributed by atoms with Gasteiger partial charge in [-0.3, -0.25) is 23.9 Å². The van der Waals surface area contributed by atoms with E-state index in [1.165, 1.54) is 9.47 Å². The summed E-state index contributed by atoms with van der Waals surface area (Å²) >= 11 is 0. The van der Waals surface area contributed by atoms with Crippen LogP contribution in [0.2, 0.25) is 0 Å². The van der Waals surface area contributed by atoms with Gasteiger partial charge < -0.3 is 15.6 Å². The molecule has 178 valence electrons. The third kappa shape index (κ3) is 5.61. The molecule has 0 saturated heterocycles. The van der Waals surface area contributed by atoms with Gasteiger partial charge in [-0.05, 0) is 43.7 Å². The Morgan fingerprint density at radius 3 is 2.42 bits per heavy atom. The minimum absolute atomic E-state index is 0.0192. The highest BCUT2D eigenvalue weighted by molar-refractivity contribution is 5.95. The molecule has 33 heavy (non-hydrogen) atoms. The zero-order valence-electron chi connectivity index (χ0n) is 19.9. The number of hydrogen-bond acceptors (Lipinski definition) is 6. The number of aromatic nitrogens is 3. The van der Waals surface area contributed by atoms with E-state index in [-0.39, 0.29) is 48.3 Å². The number of aryl methyl sites for hydroxylation is 1. The highest BCUT2D eigenvalue weighted by atomic mass is 16.2. The molecule has 0 aliphatic carbocycles. The van der Waals surface area contributed by atoms with Gasteiger partial charge in [0.25, 0.3) is 11.1 Å². The molecule has 0 saturated carbocycles. The van der Waals surface area contributed by atoms with E-state index >= 15 is 0 Å². The third-order valence-corrected chi connectivity index (χ3v) is 5.58. The molecule has 0 radical (unpaired) electrons. The summed E-state index contributed by atoms with van der Waals surface area (Å²) in [4.78, 5) is 56.5.